The minimum atomic E-state index is -0.0656. The van der Waals surface area contributed by atoms with Gasteiger partial charge in [-0.2, -0.15) is 0 Å². The van der Waals surface area contributed by atoms with E-state index in [1.807, 2.05) is 48.5 Å². The van der Waals surface area contributed by atoms with Crippen molar-refractivity contribution in [3.63, 3.8) is 0 Å². The van der Waals surface area contributed by atoms with Crippen molar-refractivity contribution in [2.75, 3.05) is 36.0 Å². The Morgan fingerprint density at radius 1 is 0.711 bits per heavy atom. The number of carbonyl (C=O) groups is 1. The van der Waals surface area contributed by atoms with Crippen molar-refractivity contribution in [2.45, 2.75) is 0 Å². The van der Waals surface area contributed by atoms with Crippen LogP contribution in [0.25, 0.3) is 20.5 Å². The number of rotatable bonds is 5. The van der Waals surface area contributed by atoms with E-state index < -0.39 is 0 Å². The first-order valence-electron chi connectivity index (χ1n) is 12.4. The second-order valence-electron chi connectivity index (χ2n) is 9.36. The Labute approximate surface area is 229 Å². The Bertz CT molecular complexity index is 1600. The van der Waals surface area contributed by atoms with E-state index in [0.29, 0.717) is 11.1 Å². The standard InChI is InChI=1S/C31H25ClN2O3S/c32-22-5-9-24(10-6-22)34-17-15-33(16-18-34)23-7-1-20(2-8-23)30(37)29-27-14-13-26(36)19-28(27)38-31(29)21-3-11-25(35)12-4-21/h1-14,19,35-36H,15-18H2. The molecule has 0 atom stereocenters. The maximum absolute atomic E-state index is 13.8. The Morgan fingerprint density at radius 2 is 1.26 bits per heavy atom. The van der Waals surface area contributed by atoms with Crippen LogP contribution in [-0.2, 0) is 0 Å². The normalized spacial score (nSPS) is 13.7. The summed E-state index contributed by atoms with van der Waals surface area (Å²) >= 11 is 7.49. The number of phenols is 2. The molecule has 5 nitrogen and oxygen atoms in total. The molecule has 1 aliphatic rings. The zero-order valence-corrected chi connectivity index (χ0v) is 22.0. The smallest absolute Gasteiger partial charge is 0.195 e. The van der Waals surface area contributed by atoms with Crippen molar-refractivity contribution in [2.24, 2.45) is 0 Å². The summed E-state index contributed by atoms with van der Waals surface area (Å²) in [6.07, 6.45) is 0. The van der Waals surface area contributed by atoms with Crippen molar-refractivity contribution >= 4 is 50.2 Å². The summed E-state index contributed by atoms with van der Waals surface area (Å²) in [5.74, 6) is 0.268. The van der Waals surface area contributed by atoms with Gasteiger partial charge in [0.2, 0.25) is 0 Å². The number of thiophene rings is 1. The molecule has 0 unspecified atom stereocenters. The number of halogens is 1. The van der Waals surface area contributed by atoms with Crippen molar-refractivity contribution in [1.82, 2.24) is 0 Å². The van der Waals surface area contributed by atoms with Gasteiger partial charge in [-0.15, -0.1) is 11.3 Å². The second-order valence-corrected chi connectivity index (χ2v) is 10.8. The largest absolute Gasteiger partial charge is 0.508 e. The Morgan fingerprint density at radius 3 is 1.87 bits per heavy atom. The highest BCUT2D eigenvalue weighted by Crippen LogP contribution is 2.41. The van der Waals surface area contributed by atoms with Gasteiger partial charge >= 0.3 is 0 Å². The number of nitrogens with zero attached hydrogens (tertiary/aromatic N) is 2. The van der Waals surface area contributed by atoms with Crippen LogP contribution in [-0.4, -0.2) is 42.2 Å². The molecule has 0 spiro atoms. The molecule has 0 radical (unpaired) electrons. The van der Waals surface area contributed by atoms with Crippen molar-refractivity contribution < 1.29 is 15.0 Å². The molecule has 5 aromatic rings. The van der Waals surface area contributed by atoms with E-state index in [2.05, 4.69) is 21.9 Å². The zero-order chi connectivity index (χ0) is 26.2. The maximum atomic E-state index is 13.8. The number of ketones is 1. The molecule has 1 saturated heterocycles. The van der Waals surface area contributed by atoms with Crippen LogP contribution < -0.4 is 9.80 Å². The highest BCUT2D eigenvalue weighted by molar-refractivity contribution is 7.22. The number of aromatic hydroxyl groups is 2. The Hall–Kier alpha value is -4.00. The van der Waals surface area contributed by atoms with Crippen molar-refractivity contribution in [1.29, 1.82) is 0 Å². The van der Waals surface area contributed by atoms with E-state index >= 15 is 0 Å². The van der Waals surface area contributed by atoms with Gasteiger partial charge < -0.3 is 20.0 Å². The summed E-state index contributed by atoms with van der Waals surface area (Å²) in [5.41, 5.74) is 4.34. The van der Waals surface area contributed by atoms with Crippen LogP contribution in [0, 0.1) is 0 Å². The van der Waals surface area contributed by atoms with E-state index in [4.69, 9.17) is 11.6 Å². The molecule has 2 heterocycles. The second kappa shape index (κ2) is 10.0. The summed E-state index contributed by atoms with van der Waals surface area (Å²) in [7, 11) is 0. The highest BCUT2D eigenvalue weighted by atomic mass is 35.5. The van der Waals surface area contributed by atoms with Crippen molar-refractivity contribution in [3.8, 4) is 21.9 Å². The summed E-state index contributed by atoms with van der Waals surface area (Å²) in [5, 5.41) is 21.3. The van der Waals surface area contributed by atoms with E-state index in [-0.39, 0.29) is 17.3 Å². The topological polar surface area (TPSA) is 64.0 Å². The van der Waals surface area contributed by atoms with Gasteiger partial charge in [0.15, 0.2) is 5.78 Å². The van der Waals surface area contributed by atoms with Gasteiger partial charge in [0, 0.05) is 68.7 Å². The number of benzene rings is 4. The van der Waals surface area contributed by atoms with Gasteiger partial charge in [-0.25, -0.2) is 0 Å². The van der Waals surface area contributed by atoms with Gasteiger partial charge in [0.25, 0.3) is 0 Å². The minimum Gasteiger partial charge on any atom is -0.508 e. The molecule has 4 aromatic carbocycles. The number of piperazine rings is 1. The van der Waals surface area contributed by atoms with E-state index in [9.17, 15) is 15.0 Å². The molecule has 0 amide bonds. The van der Waals surface area contributed by atoms with Crippen LogP contribution in [0.3, 0.4) is 0 Å². The molecular weight excluding hydrogens is 516 g/mol. The van der Waals surface area contributed by atoms with E-state index in [1.165, 1.54) is 17.0 Å². The molecule has 0 saturated carbocycles. The summed E-state index contributed by atoms with van der Waals surface area (Å²) < 4.78 is 0.839. The third kappa shape index (κ3) is 4.69. The molecule has 6 rings (SSSR count). The lowest BCUT2D eigenvalue weighted by Crippen LogP contribution is -2.46. The molecule has 190 valence electrons. The first-order chi connectivity index (χ1) is 18.5. The quantitative estimate of drug-likeness (QED) is 0.231. The number of anilines is 2. The van der Waals surface area contributed by atoms with Crippen LogP contribution in [0.15, 0.2) is 91.0 Å². The first kappa shape index (κ1) is 24.3. The van der Waals surface area contributed by atoms with Gasteiger partial charge in [0.05, 0.1) is 0 Å². The lowest BCUT2D eigenvalue weighted by molar-refractivity contribution is 0.104. The number of fused-ring (bicyclic) bond motifs is 1. The number of carbonyl (C=O) groups excluding carboxylic acids is 1. The predicted octanol–water partition coefficient (Wildman–Crippen LogP) is 7.19. The first-order valence-corrected chi connectivity index (χ1v) is 13.6. The third-order valence-corrected chi connectivity index (χ3v) is 8.45. The summed E-state index contributed by atoms with van der Waals surface area (Å²) in [6, 6.07) is 27.7. The Kier molecular flexibility index (Phi) is 6.44. The average molecular weight is 541 g/mol. The maximum Gasteiger partial charge on any atom is 0.195 e. The molecule has 0 aliphatic carbocycles. The fourth-order valence-corrected chi connectivity index (χ4v) is 6.33. The van der Waals surface area contributed by atoms with Crippen LogP contribution in [0.4, 0.5) is 11.4 Å². The lowest BCUT2D eigenvalue weighted by Gasteiger charge is -2.37. The fraction of sp³-hybridized carbons (Fsp3) is 0.129. The third-order valence-electron chi connectivity index (χ3n) is 7.00. The summed E-state index contributed by atoms with van der Waals surface area (Å²) in [6.45, 7) is 3.59. The van der Waals surface area contributed by atoms with Gasteiger partial charge in [-0.05, 0) is 96.6 Å². The zero-order valence-electron chi connectivity index (χ0n) is 20.5. The van der Waals surface area contributed by atoms with Crippen LogP contribution in [0.1, 0.15) is 15.9 Å². The molecular formula is C31H25ClN2O3S. The van der Waals surface area contributed by atoms with E-state index in [0.717, 1.165) is 57.4 Å². The number of hydrogen-bond acceptors (Lipinski definition) is 6. The predicted molar refractivity (Wildman–Crippen MR) is 156 cm³/mol. The summed E-state index contributed by atoms with van der Waals surface area (Å²) in [4.78, 5) is 19.4. The van der Waals surface area contributed by atoms with Gasteiger partial charge in [0.1, 0.15) is 11.5 Å². The molecule has 1 fully saturated rings. The van der Waals surface area contributed by atoms with Gasteiger partial charge in [-0.1, -0.05) is 11.6 Å². The van der Waals surface area contributed by atoms with E-state index in [1.54, 1.807) is 30.3 Å². The number of phenolic OH excluding ortho intramolecular Hbond substituents is 2. The molecule has 1 aromatic heterocycles. The molecule has 2 N–H and O–H groups in total. The van der Waals surface area contributed by atoms with Crippen molar-refractivity contribution in [3.05, 3.63) is 107 Å². The molecule has 0 bridgehead atoms. The average Bonchev–Trinajstić information content (AvgIpc) is 3.32. The SMILES string of the molecule is O=C(c1ccc(N2CCN(c3ccc(Cl)cc3)CC2)cc1)c1c(-c2ccc(O)cc2)sc2cc(O)ccc12. The highest BCUT2D eigenvalue weighted by Gasteiger charge is 2.23. The lowest BCUT2D eigenvalue weighted by atomic mass is 9.97. The minimum absolute atomic E-state index is 0.0656. The molecule has 7 heteroatoms. The number of hydrogen-bond donors (Lipinski definition) is 2. The molecule has 38 heavy (non-hydrogen) atoms. The van der Waals surface area contributed by atoms with Crippen LogP contribution in [0.5, 0.6) is 11.5 Å². The van der Waals surface area contributed by atoms with Gasteiger partial charge in [-0.3, -0.25) is 4.79 Å². The monoisotopic (exact) mass is 540 g/mol. The fourth-order valence-electron chi connectivity index (χ4n) is 4.97. The van der Waals surface area contributed by atoms with Crippen LogP contribution >= 0.6 is 22.9 Å². The van der Waals surface area contributed by atoms with Crippen LogP contribution in [0.2, 0.25) is 5.02 Å². The Balaban J connectivity index is 1.25. The molecule has 1 aliphatic heterocycles.